The van der Waals surface area contributed by atoms with E-state index in [0.717, 1.165) is 23.5 Å². The van der Waals surface area contributed by atoms with Gasteiger partial charge in [-0.25, -0.2) is 4.99 Å². The molecule has 1 unspecified atom stereocenters. The van der Waals surface area contributed by atoms with Gasteiger partial charge in [0.25, 0.3) is 0 Å². The third kappa shape index (κ3) is 4.32. The van der Waals surface area contributed by atoms with Gasteiger partial charge in [-0.1, -0.05) is 29.8 Å². The Balaban J connectivity index is 1.49. The van der Waals surface area contributed by atoms with Crippen LogP contribution in [0, 0.1) is 0 Å². The molecule has 1 atom stereocenters. The van der Waals surface area contributed by atoms with E-state index >= 15 is 0 Å². The van der Waals surface area contributed by atoms with E-state index in [-0.39, 0.29) is 6.04 Å². The molecule has 0 bridgehead atoms. The highest BCUT2D eigenvalue weighted by Gasteiger charge is 2.21. The average Bonchev–Trinajstić information content (AvgIpc) is 2.61. The highest BCUT2D eigenvalue weighted by Crippen LogP contribution is 2.31. The lowest BCUT2D eigenvalue weighted by Gasteiger charge is -2.26. The molecule has 2 aromatic carbocycles. The fourth-order valence-corrected chi connectivity index (χ4v) is 2.70. The molecule has 0 aliphatic carbocycles. The predicted molar refractivity (Wildman–Crippen MR) is 95.9 cm³/mol. The van der Waals surface area contributed by atoms with Crippen molar-refractivity contribution in [3.63, 3.8) is 0 Å². The SMILES string of the molecule is NC(=NCCOc1ccc(Cl)cc1)NC1CCOc2ccccc21. The van der Waals surface area contributed by atoms with E-state index in [9.17, 15) is 0 Å². The second-order valence-corrected chi connectivity index (χ2v) is 5.88. The van der Waals surface area contributed by atoms with Crippen LogP contribution in [-0.4, -0.2) is 25.7 Å². The van der Waals surface area contributed by atoms with Crippen molar-refractivity contribution in [3.8, 4) is 11.5 Å². The summed E-state index contributed by atoms with van der Waals surface area (Å²) in [7, 11) is 0. The smallest absolute Gasteiger partial charge is 0.189 e. The summed E-state index contributed by atoms with van der Waals surface area (Å²) in [5, 5.41) is 3.94. The van der Waals surface area contributed by atoms with Gasteiger partial charge in [-0.05, 0) is 30.3 Å². The Morgan fingerprint density at radius 2 is 2.04 bits per heavy atom. The first-order valence-electron chi connectivity index (χ1n) is 7.89. The molecule has 126 valence electrons. The zero-order chi connectivity index (χ0) is 16.8. The Labute approximate surface area is 146 Å². The lowest BCUT2D eigenvalue weighted by Crippen LogP contribution is -2.37. The summed E-state index contributed by atoms with van der Waals surface area (Å²) in [6.45, 7) is 1.60. The fraction of sp³-hybridized carbons (Fsp3) is 0.278. The molecule has 0 aromatic heterocycles. The molecule has 0 radical (unpaired) electrons. The highest BCUT2D eigenvalue weighted by molar-refractivity contribution is 6.30. The van der Waals surface area contributed by atoms with Crippen LogP contribution in [0.25, 0.3) is 0 Å². The molecule has 6 heteroatoms. The van der Waals surface area contributed by atoms with E-state index in [1.54, 1.807) is 12.1 Å². The molecule has 0 spiro atoms. The minimum atomic E-state index is 0.121. The first-order chi connectivity index (χ1) is 11.7. The highest BCUT2D eigenvalue weighted by atomic mass is 35.5. The number of guanidine groups is 1. The minimum Gasteiger partial charge on any atom is -0.493 e. The van der Waals surface area contributed by atoms with Gasteiger partial charge in [0.1, 0.15) is 18.1 Å². The van der Waals surface area contributed by atoms with Crippen molar-refractivity contribution in [3.05, 3.63) is 59.1 Å². The summed E-state index contributed by atoms with van der Waals surface area (Å²) in [6.07, 6.45) is 0.856. The number of rotatable bonds is 5. The molecule has 0 saturated heterocycles. The number of fused-ring (bicyclic) bond motifs is 1. The zero-order valence-corrected chi connectivity index (χ0v) is 14.0. The van der Waals surface area contributed by atoms with Crippen molar-refractivity contribution in [2.75, 3.05) is 19.8 Å². The van der Waals surface area contributed by atoms with Gasteiger partial charge in [-0.15, -0.1) is 0 Å². The van der Waals surface area contributed by atoms with Gasteiger partial charge in [-0.2, -0.15) is 0 Å². The summed E-state index contributed by atoms with van der Waals surface area (Å²) >= 11 is 5.83. The van der Waals surface area contributed by atoms with Crippen molar-refractivity contribution in [1.29, 1.82) is 0 Å². The number of aliphatic imine (C=N–C) groups is 1. The molecule has 2 aromatic rings. The van der Waals surface area contributed by atoms with Crippen LogP contribution in [0.1, 0.15) is 18.0 Å². The first kappa shape index (κ1) is 16.5. The van der Waals surface area contributed by atoms with Crippen LogP contribution in [0.5, 0.6) is 11.5 Å². The van der Waals surface area contributed by atoms with Gasteiger partial charge >= 0.3 is 0 Å². The molecule has 1 aliphatic rings. The normalized spacial score (nSPS) is 16.9. The van der Waals surface area contributed by atoms with Crippen molar-refractivity contribution < 1.29 is 9.47 Å². The number of nitrogens with one attached hydrogen (secondary N) is 1. The Morgan fingerprint density at radius 3 is 2.88 bits per heavy atom. The van der Waals surface area contributed by atoms with Crippen LogP contribution in [-0.2, 0) is 0 Å². The number of benzene rings is 2. The van der Waals surface area contributed by atoms with Crippen molar-refractivity contribution in [2.24, 2.45) is 10.7 Å². The molecule has 3 rings (SSSR count). The molecule has 5 nitrogen and oxygen atoms in total. The van der Waals surface area contributed by atoms with Crippen LogP contribution >= 0.6 is 11.6 Å². The number of nitrogens with two attached hydrogens (primary N) is 1. The predicted octanol–water partition coefficient (Wildman–Crippen LogP) is 3.15. The minimum absolute atomic E-state index is 0.121. The summed E-state index contributed by atoms with van der Waals surface area (Å²) < 4.78 is 11.2. The van der Waals surface area contributed by atoms with Crippen LogP contribution < -0.4 is 20.5 Å². The van der Waals surface area contributed by atoms with E-state index in [1.807, 2.05) is 36.4 Å². The molecular formula is C18H20ClN3O2. The molecule has 0 saturated carbocycles. The number of nitrogens with zero attached hydrogens (tertiary/aromatic N) is 1. The molecular weight excluding hydrogens is 326 g/mol. The van der Waals surface area contributed by atoms with Gasteiger partial charge in [0.2, 0.25) is 0 Å². The Morgan fingerprint density at radius 1 is 1.25 bits per heavy atom. The van der Waals surface area contributed by atoms with E-state index < -0.39 is 0 Å². The Bertz CT molecular complexity index is 704. The van der Waals surface area contributed by atoms with Crippen molar-refractivity contribution >= 4 is 17.6 Å². The second kappa shape index (κ2) is 7.93. The quantitative estimate of drug-likeness (QED) is 0.496. The fourth-order valence-electron chi connectivity index (χ4n) is 2.58. The van der Waals surface area contributed by atoms with Crippen LogP contribution in [0.3, 0.4) is 0 Å². The van der Waals surface area contributed by atoms with Gasteiger partial charge in [0, 0.05) is 17.0 Å². The molecule has 0 fully saturated rings. The maximum absolute atomic E-state index is 5.99. The third-order valence-corrected chi connectivity index (χ3v) is 3.99. The van der Waals surface area contributed by atoms with Gasteiger partial charge in [-0.3, -0.25) is 0 Å². The Hall–Kier alpha value is -2.40. The van der Waals surface area contributed by atoms with Gasteiger partial charge < -0.3 is 20.5 Å². The lowest BCUT2D eigenvalue weighted by atomic mass is 10.0. The number of halogens is 1. The molecule has 1 aliphatic heterocycles. The van der Waals surface area contributed by atoms with Crippen molar-refractivity contribution in [1.82, 2.24) is 5.32 Å². The van der Waals surface area contributed by atoms with E-state index in [1.165, 1.54) is 0 Å². The molecule has 24 heavy (non-hydrogen) atoms. The maximum Gasteiger partial charge on any atom is 0.189 e. The standard InChI is InChI=1S/C18H20ClN3O2/c19-13-5-7-14(8-6-13)23-12-10-21-18(20)22-16-9-11-24-17-4-2-1-3-15(16)17/h1-8,16H,9-12H2,(H3,20,21,22). The second-order valence-electron chi connectivity index (χ2n) is 5.44. The van der Waals surface area contributed by atoms with Crippen LogP contribution in [0.15, 0.2) is 53.5 Å². The van der Waals surface area contributed by atoms with Crippen molar-refractivity contribution in [2.45, 2.75) is 12.5 Å². The monoisotopic (exact) mass is 345 g/mol. The largest absolute Gasteiger partial charge is 0.493 e. The lowest BCUT2D eigenvalue weighted by molar-refractivity contribution is 0.262. The topological polar surface area (TPSA) is 68.9 Å². The molecule has 1 heterocycles. The average molecular weight is 346 g/mol. The summed E-state index contributed by atoms with van der Waals surface area (Å²) in [5.74, 6) is 2.08. The summed E-state index contributed by atoms with van der Waals surface area (Å²) in [6, 6.07) is 15.3. The van der Waals surface area contributed by atoms with E-state index in [0.29, 0.717) is 30.7 Å². The summed E-state index contributed by atoms with van der Waals surface area (Å²) in [5.41, 5.74) is 7.10. The van der Waals surface area contributed by atoms with Crippen LogP contribution in [0.2, 0.25) is 5.02 Å². The third-order valence-electron chi connectivity index (χ3n) is 3.74. The van der Waals surface area contributed by atoms with E-state index in [2.05, 4.69) is 10.3 Å². The summed E-state index contributed by atoms with van der Waals surface area (Å²) in [4.78, 5) is 4.32. The van der Waals surface area contributed by atoms with Gasteiger partial charge in [0.15, 0.2) is 5.96 Å². The molecule has 0 amide bonds. The maximum atomic E-state index is 5.99. The number of ether oxygens (including phenoxy) is 2. The zero-order valence-electron chi connectivity index (χ0n) is 13.2. The number of para-hydroxylation sites is 1. The van der Waals surface area contributed by atoms with Crippen LogP contribution in [0.4, 0.5) is 0 Å². The Kier molecular flexibility index (Phi) is 5.43. The first-order valence-corrected chi connectivity index (χ1v) is 8.27. The molecule has 3 N–H and O–H groups in total. The number of hydrogen-bond acceptors (Lipinski definition) is 3. The number of hydrogen-bond donors (Lipinski definition) is 2. The van der Waals surface area contributed by atoms with E-state index in [4.69, 9.17) is 26.8 Å². The van der Waals surface area contributed by atoms with Gasteiger partial charge in [0.05, 0.1) is 19.2 Å².